The van der Waals surface area contributed by atoms with Gasteiger partial charge in [-0.1, -0.05) is 42.0 Å². The lowest BCUT2D eigenvalue weighted by Crippen LogP contribution is -2.28. The number of anilines is 1. The fraction of sp³-hybridized carbons (Fsp3) is 0.0870. The van der Waals surface area contributed by atoms with Crippen molar-refractivity contribution >= 4 is 44.3 Å². The zero-order chi connectivity index (χ0) is 21.8. The Hall–Kier alpha value is -2.94. The third-order valence-corrected chi connectivity index (χ3v) is 8.39. The first-order valence-electron chi connectivity index (χ1n) is 9.49. The van der Waals surface area contributed by atoms with Crippen molar-refractivity contribution in [1.82, 2.24) is 5.32 Å². The van der Waals surface area contributed by atoms with E-state index in [2.05, 4.69) is 10.0 Å². The monoisotopic (exact) mass is 468 g/mol. The number of amides is 1. The Bertz CT molecular complexity index is 1250. The number of hydrogen-bond acceptors (Lipinski definition) is 5. The van der Waals surface area contributed by atoms with Gasteiger partial charge in [-0.15, -0.1) is 22.7 Å². The van der Waals surface area contributed by atoms with Gasteiger partial charge in [-0.25, -0.2) is 8.42 Å². The van der Waals surface area contributed by atoms with Crippen LogP contribution in [0.2, 0.25) is 0 Å². The molecular formula is C23H20N2O3S3. The van der Waals surface area contributed by atoms with Crippen molar-refractivity contribution in [3.8, 4) is 0 Å². The lowest BCUT2D eigenvalue weighted by molar-refractivity contribution is 0.0943. The maximum Gasteiger partial charge on any atom is 0.271 e. The van der Waals surface area contributed by atoms with Crippen LogP contribution in [0.25, 0.3) is 0 Å². The van der Waals surface area contributed by atoms with E-state index in [1.54, 1.807) is 53.1 Å². The molecular weight excluding hydrogens is 448 g/mol. The van der Waals surface area contributed by atoms with Crippen LogP contribution in [-0.2, 0) is 10.0 Å². The van der Waals surface area contributed by atoms with Crippen LogP contribution in [0.4, 0.5) is 5.69 Å². The summed E-state index contributed by atoms with van der Waals surface area (Å²) in [5.41, 5.74) is 3.01. The second kappa shape index (κ2) is 9.05. The summed E-state index contributed by atoms with van der Waals surface area (Å²) < 4.78 is 27.5. The summed E-state index contributed by atoms with van der Waals surface area (Å²) in [6.45, 7) is 2.02. The highest BCUT2D eigenvalue weighted by Crippen LogP contribution is 2.27. The quantitative estimate of drug-likeness (QED) is 0.379. The Morgan fingerprint density at radius 1 is 0.871 bits per heavy atom. The molecule has 0 bridgehead atoms. The Morgan fingerprint density at radius 3 is 2.16 bits per heavy atom. The van der Waals surface area contributed by atoms with E-state index in [0.29, 0.717) is 11.3 Å². The number of nitrogens with one attached hydrogen (secondary N) is 2. The summed E-state index contributed by atoms with van der Waals surface area (Å²) in [5, 5.41) is 6.79. The van der Waals surface area contributed by atoms with Crippen molar-refractivity contribution in [3.63, 3.8) is 0 Å². The van der Waals surface area contributed by atoms with E-state index in [0.717, 1.165) is 27.3 Å². The van der Waals surface area contributed by atoms with Crippen molar-refractivity contribution in [1.29, 1.82) is 0 Å². The van der Waals surface area contributed by atoms with Crippen molar-refractivity contribution in [2.75, 3.05) is 4.72 Å². The molecule has 4 rings (SSSR count). The van der Waals surface area contributed by atoms with E-state index < -0.39 is 10.0 Å². The average Bonchev–Trinajstić information content (AvgIpc) is 3.47. The molecule has 0 spiro atoms. The molecule has 2 N–H and O–H groups in total. The van der Waals surface area contributed by atoms with Crippen LogP contribution in [0.1, 0.15) is 32.4 Å². The molecule has 0 saturated heterocycles. The molecule has 31 heavy (non-hydrogen) atoms. The van der Waals surface area contributed by atoms with Crippen LogP contribution in [0.5, 0.6) is 0 Å². The molecule has 1 atom stereocenters. The fourth-order valence-electron chi connectivity index (χ4n) is 3.06. The van der Waals surface area contributed by atoms with Gasteiger partial charge in [-0.05, 0) is 59.6 Å². The molecule has 2 aromatic heterocycles. The van der Waals surface area contributed by atoms with Crippen LogP contribution in [0.3, 0.4) is 0 Å². The normalized spacial score (nSPS) is 12.3. The summed E-state index contributed by atoms with van der Waals surface area (Å²) in [6, 6.07) is 21.4. The lowest BCUT2D eigenvalue weighted by Gasteiger charge is -2.18. The lowest BCUT2D eigenvalue weighted by atomic mass is 10.0. The number of carbonyl (C=O) groups excluding carboxylic acids is 1. The molecule has 0 saturated carbocycles. The molecule has 0 radical (unpaired) electrons. The molecule has 0 aliphatic heterocycles. The second-order valence-corrected chi connectivity index (χ2v) is 10.8. The molecule has 1 unspecified atom stereocenters. The molecule has 0 aliphatic carbocycles. The van der Waals surface area contributed by atoms with E-state index in [-0.39, 0.29) is 16.2 Å². The van der Waals surface area contributed by atoms with Crippen LogP contribution >= 0.6 is 22.7 Å². The van der Waals surface area contributed by atoms with Crippen molar-refractivity contribution < 1.29 is 13.2 Å². The minimum atomic E-state index is -3.62. The minimum absolute atomic E-state index is 0.230. The van der Waals surface area contributed by atoms with E-state index in [4.69, 9.17) is 0 Å². The summed E-state index contributed by atoms with van der Waals surface area (Å²) in [7, 11) is -3.62. The fourth-order valence-corrected chi connectivity index (χ4v) is 5.91. The number of sulfonamides is 1. The summed E-state index contributed by atoms with van der Waals surface area (Å²) >= 11 is 2.73. The average molecular weight is 469 g/mol. The molecule has 0 aliphatic rings. The first kappa shape index (κ1) is 21.3. The molecule has 5 nitrogen and oxygen atoms in total. The first-order chi connectivity index (χ1) is 14.9. The van der Waals surface area contributed by atoms with Gasteiger partial charge in [0.1, 0.15) is 4.21 Å². The van der Waals surface area contributed by atoms with Gasteiger partial charge in [-0.2, -0.15) is 0 Å². The van der Waals surface area contributed by atoms with Crippen molar-refractivity contribution in [2.45, 2.75) is 17.2 Å². The van der Waals surface area contributed by atoms with Gasteiger partial charge in [0, 0.05) is 16.1 Å². The van der Waals surface area contributed by atoms with E-state index in [9.17, 15) is 13.2 Å². The number of benzene rings is 2. The predicted molar refractivity (Wildman–Crippen MR) is 126 cm³/mol. The third-order valence-electron chi connectivity index (χ3n) is 4.67. The Kier molecular flexibility index (Phi) is 6.22. The smallest absolute Gasteiger partial charge is 0.271 e. The van der Waals surface area contributed by atoms with Gasteiger partial charge in [0.15, 0.2) is 0 Å². The first-order valence-corrected chi connectivity index (χ1v) is 12.7. The van der Waals surface area contributed by atoms with Crippen molar-refractivity contribution in [3.05, 3.63) is 105 Å². The standard InChI is InChI=1S/C23H20N2O3S3/c1-16-6-8-17(9-7-16)22(20-4-2-14-29-20)24-23(26)18-10-12-19(13-11-18)25-31(27,28)21-5-3-15-30-21/h2-15,22,25H,1H3,(H,24,26). The topological polar surface area (TPSA) is 75.3 Å². The highest BCUT2D eigenvalue weighted by Gasteiger charge is 2.19. The van der Waals surface area contributed by atoms with Crippen LogP contribution in [0.15, 0.2) is 87.8 Å². The number of carbonyl (C=O) groups is 1. The molecule has 0 fully saturated rings. The van der Waals surface area contributed by atoms with Crippen LogP contribution < -0.4 is 10.0 Å². The summed E-state index contributed by atoms with van der Waals surface area (Å²) in [4.78, 5) is 14.0. The van der Waals surface area contributed by atoms with E-state index in [1.165, 1.54) is 0 Å². The summed E-state index contributed by atoms with van der Waals surface area (Å²) in [5.74, 6) is -0.230. The number of rotatable bonds is 7. The molecule has 8 heteroatoms. The number of aryl methyl sites for hydroxylation is 1. The van der Waals surface area contributed by atoms with Gasteiger partial charge >= 0.3 is 0 Å². The minimum Gasteiger partial charge on any atom is -0.340 e. The number of hydrogen-bond donors (Lipinski definition) is 2. The van der Waals surface area contributed by atoms with Gasteiger partial charge < -0.3 is 5.32 Å². The highest BCUT2D eigenvalue weighted by atomic mass is 32.2. The van der Waals surface area contributed by atoms with Gasteiger partial charge in [-0.3, -0.25) is 9.52 Å². The molecule has 158 valence electrons. The molecule has 4 aromatic rings. The summed E-state index contributed by atoms with van der Waals surface area (Å²) in [6.07, 6.45) is 0. The SMILES string of the molecule is Cc1ccc(C(NC(=O)c2ccc(NS(=O)(=O)c3cccs3)cc2)c2cccs2)cc1. The van der Waals surface area contributed by atoms with Crippen LogP contribution in [0, 0.1) is 6.92 Å². The zero-order valence-electron chi connectivity index (χ0n) is 16.6. The Labute approximate surface area is 189 Å². The van der Waals surface area contributed by atoms with E-state index in [1.807, 2.05) is 48.7 Å². The van der Waals surface area contributed by atoms with Crippen LogP contribution in [-0.4, -0.2) is 14.3 Å². The molecule has 1 amide bonds. The largest absolute Gasteiger partial charge is 0.340 e. The van der Waals surface area contributed by atoms with E-state index >= 15 is 0 Å². The second-order valence-electron chi connectivity index (χ2n) is 6.95. The van der Waals surface area contributed by atoms with Gasteiger partial charge in [0.05, 0.1) is 6.04 Å². The molecule has 2 heterocycles. The number of thiophene rings is 2. The van der Waals surface area contributed by atoms with Gasteiger partial charge in [0.2, 0.25) is 0 Å². The highest BCUT2D eigenvalue weighted by molar-refractivity contribution is 7.94. The predicted octanol–water partition coefficient (Wildman–Crippen LogP) is 5.44. The van der Waals surface area contributed by atoms with Crippen molar-refractivity contribution in [2.24, 2.45) is 0 Å². The zero-order valence-corrected chi connectivity index (χ0v) is 19.1. The maximum absolute atomic E-state index is 12.9. The van der Waals surface area contributed by atoms with Gasteiger partial charge in [0.25, 0.3) is 15.9 Å². The molecule has 2 aromatic carbocycles. The third kappa shape index (κ3) is 5.04. The maximum atomic E-state index is 12.9. The Morgan fingerprint density at radius 2 is 1.55 bits per heavy atom. The Balaban J connectivity index is 1.51.